The maximum absolute atomic E-state index is 6.08. The third kappa shape index (κ3) is 4.34. The summed E-state index contributed by atoms with van der Waals surface area (Å²) in [6.45, 7) is 3.69. The predicted molar refractivity (Wildman–Crippen MR) is 84.6 cm³/mol. The van der Waals surface area contributed by atoms with Crippen LogP contribution in [0.5, 0.6) is 0 Å². The summed E-state index contributed by atoms with van der Waals surface area (Å²) >= 11 is 11.9. The van der Waals surface area contributed by atoms with Gasteiger partial charge in [0.2, 0.25) is 0 Å². The zero-order chi connectivity index (χ0) is 13.7. The zero-order valence-corrected chi connectivity index (χ0v) is 12.2. The van der Waals surface area contributed by atoms with Crippen LogP contribution in [0.25, 0.3) is 0 Å². The summed E-state index contributed by atoms with van der Waals surface area (Å²) in [5.41, 5.74) is 3.28. The van der Waals surface area contributed by atoms with E-state index in [9.17, 15) is 0 Å². The second kappa shape index (κ2) is 6.69. The average Bonchev–Trinajstić information content (AvgIpc) is 2.37. The van der Waals surface area contributed by atoms with Crippen molar-refractivity contribution >= 4 is 34.6 Å². The van der Waals surface area contributed by atoms with Crippen molar-refractivity contribution in [1.29, 1.82) is 0 Å². The Bertz CT molecular complexity index is 556. The summed E-state index contributed by atoms with van der Waals surface area (Å²) < 4.78 is 0. The van der Waals surface area contributed by atoms with Crippen LogP contribution in [0.2, 0.25) is 10.0 Å². The Morgan fingerprint density at radius 2 is 1.74 bits per heavy atom. The van der Waals surface area contributed by atoms with Gasteiger partial charge in [0.05, 0.1) is 10.7 Å². The van der Waals surface area contributed by atoms with Crippen molar-refractivity contribution in [2.75, 3.05) is 23.7 Å². The Morgan fingerprint density at radius 3 is 2.47 bits per heavy atom. The van der Waals surface area contributed by atoms with Crippen LogP contribution in [0.15, 0.2) is 42.5 Å². The number of hydrogen-bond donors (Lipinski definition) is 2. The molecule has 0 fully saturated rings. The highest BCUT2D eigenvalue weighted by Gasteiger charge is 2.00. The molecule has 0 aliphatic rings. The fourth-order valence-corrected chi connectivity index (χ4v) is 2.27. The minimum Gasteiger partial charge on any atom is -0.383 e. The predicted octanol–water partition coefficient (Wildman–Crippen LogP) is 4.83. The van der Waals surface area contributed by atoms with Gasteiger partial charge in [0.25, 0.3) is 0 Å². The Hall–Kier alpha value is -1.38. The Balaban J connectivity index is 1.81. The monoisotopic (exact) mass is 294 g/mol. The Labute approximate surface area is 123 Å². The molecule has 2 aromatic carbocycles. The number of nitrogens with one attached hydrogen (secondary N) is 2. The normalized spacial score (nSPS) is 10.3. The van der Waals surface area contributed by atoms with Gasteiger partial charge in [-0.2, -0.15) is 0 Å². The second-order valence-corrected chi connectivity index (χ2v) is 5.19. The lowest BCUT2D eigenvalue weighted by atomic mass is 10.2. The van der Waals surface area contributed by atoms with Crippen LogP contribution in [-0.2, 0) is 0 Å². The molecule has 0 spiro atoms. The van der Waals surface area contributed by atoms with Gasteiger partial charge in [0.1, 0.15) is 0 Å². The molecule has 0 saturated carbocycles. The number of rotatable bonds is 5. The van der Waals surface area contributed by atoms with E-state index >= 15 is 0 Å². The number of hydrogen-bond acceptors (Lipinski definition) is 2. The second-order valence-electron chi connectivity index (χ2n) is 4.35. The first-order chi connectivity index (χ1) is 9.15. The van der Waals surface area contributed by atoms with Gasteiger partial charge in [-0.05, 0) is 42.8 Å². The van der Waals surface area contributed by atoms with E-state index in [1.54, 1.807) is 6.07 Å². The van der Waals surface area contributed by atoms with E-state index in [2.05, 4.69) is 35.8 Å². The lowest BCUT2D eigenvalue weighted by Gasteiger charge is -2.10. The molecule has 0 saturated heterocycles. The fraction of sp³-hybridized carbons (Fsp3) is 0.200. The van der Waals surface area contributed by atoms with Gasteiger partial charge in [-0.25, -0.2) is 0 Å². The van der Waals surface area contributed by atoms with Gasteiger partial charge in [-0.3, -0.25) is 0 Å². The van der Waals surface area contributed by atoms with Crippen LogP contribution < -0.4 is 10.6 Å². The van der Waals surface area contributed by atoms with Gasteiger partial charge in [0, 0.05) is 23.8 Å². The summed E-state index contributed by atoms with van der Waals surface area (Å²) in [6.07, 6.45) is 0. The van der Waals surface area contributed by atoms with E-state index in [0.717, 1.165) is 24.5 Å². The highest BCUT2D eigenvalue weighted by Crippen LogP contribution is 2.25. The molecule has 0 aromatic heterocycles. The first-order valence-corrected chi connectivity index (χ1v) is 6.90. The number of benzene rings is 2. The molecule has 2 aromatic rings. The van der Waals surface area contributed by atoms with Crippen LogP contribution in [0.4, 0.5) is 11.4 Å². The Kier molecular flexibility index (Phi) is 4.94. The first-order valence-electron chi connectivity index (χ1n) is 6.14. The van der Waals surface area contributed by atoms with Gasteiger partial charge in [0.15, 0.2) is 0 Å². The summed E-state index contributed by atoms with van der Waals surface area (Å²) in [5, 5.41) is 7.92. The minimum atomic E-state index is 0.642. The molecule has 100 valence electrons. The lowest BCUT2D eigenvalue weighted by molar-refractivity contribution is 1.08. The molecule has 0 amide bonds. The molecule has 0 radical (unpaired) electrons. The van der Waals surface area contributed by atoms with E-state index in [1.165, 1.54) is 5.56 Å². The molecule has 0 atom stereocenters. The first kappa shape index (κ1) is 14.0. The zero-order valence-electron chi connectivity index (χ0n) is 10.7. The third-order valence-corrected chi connectivity index (χ3v) is 3.27. The molecule has 2 nitrogen and oxygen atoms in total. The van der Waals surface area contributed by atoms with E-state index in [4.69, 9.17) is 23.2 Å². The lowest BCUT2D eigenvalue weighted by Crippen LogP contribution is -2.13. The number of halogens is 2. The number of anilines is 2. The van der Waals surface area contributed by atoms with Gasteiger partial charge >= 0.3 is 0 Å². The van der Waals surface area contributed by atoms with Crippen LogP contribution >= 0.6 is 23.2 Å². The molecule has 0 aliphatic heterocycles. The van der Waals surface area contributed by atoms with Gasteiger partial charge in [-0.15, -0.1) is 0 Å². The molecule has 0 heterocycles. The summed E-state index contributed by atoms with van der Waals surface area (Å²) in [4.78, 5) is 0. The molecule has 2 N–H and O–H groups in total. The highest BCUT2D eigenvalue weighted by molar-refractivity contribution is 6.36. The topological polar surface area (TPSA) is 24.1 Å². The molecule has 4 heteroatoms. The molecule has 2 rings (SSSR count). The van der Waals surface area contributed by atoms with Crippen molar-refractivity contribution < 1.29 is 0 Å². The largest absolute Gasteiger partial charge is 0.383 e. The smallest absolute Gasteiger partial charge is 0.0652 e. The van der Waals surface area contributed by atoms with Crippen molar-refractivity contribution in [3.05, 3.63) is 58.1 Å². The van der Waals surface area contributed by atoms with Crippen LogP contribution in [-0.4, -0.2) is 13.1 Å². The summed E-state index contributed by atoms with van der Waals surface area (Å²) in [5.74, 6) is 0. The van der Waals surface area contributed by atoms with Gasteiger partial charge in [-0.1, -0.05) is 35.3 Å². The van der Waals surface area contributed by atoms with Crippen molar-refractivity contribution in [3.8, 4) is 0 Å². The van der Waals surface area contributed by atoms with Crippen molar-refractivity contribution in [2.45, 2.75) is 6.92 Å². The SMILES string of the molecule is Cc1cccc(NCCNc2ccc(Cl)cc2Cl)c1. The fourth-order valence-electron chi connectivity index (χ4n) is 1.79. The maximum Gasteiger partial charge on any atom is 0.0652 e. The van der Waals surface area contributed by atoms with Crippen LogP contribution in [0.1, 0.15) is 5.56 Å². The van der Waals surface area contributed by atoms with Crippen molar-refractivity contribution in [1.82, 2.24) is 0 Å². The number of aryl methyl sites for hydroxylation is 1. The van der Waals surface area contributed by atoms with E-state index in [-0.39, 0.29) is 0 Å². The van der Waals surface area contributed by atoms with Crippen molar-refractivity contribution in [3.63, 3.8) is 0 Å². The van der Waals surface area contributed by atoms with Crippen LogP contribution in [0, 0.1) is 6.92 Å². The van der Waals surface area contributed by atoms with Crippen molar-refractivity contribution in [2.24, 2.45) is 0 Å². The minimum absolute atomic E-state index is 0.642. The molecular weight excluding hydrogens is 279 g/mol. The highest BCUT2D eigenvalue weighted by atomic mass is 35.5. The molecule has 0 unspecified atom stereocenters. The summed E-state index contributed by atoms with van der Waals surface area (Å²) in [7, 11) is 0. The Morgan fingerprint density at radius 1 is 0.947 bits per heavy atom. The van der Waals surface area contributed by atoms with E-state index < -0.39 is 0 Å². The van der Waals surface area contributed by atoms with Crippen LogP contribution in [0.3, 0.4) is 0 Å². The maximum atomic E-state index is 6.08. The molecule has 0 aliphatic carbocycles. The molecular formula is C15H16Cl2N2. The van der Waals surface area contributed by atoms with E-state index in [1.807, 2.05) is 18.2 Å². The standard InChI is InChI=1S/C15H16Cl2N2/c1-11-3-2-4-13(9-11)18-7-8-19-15-6-5-12(16)10-14(15)17/h2-6,9-10,18-19H,7-8H2,1H3. The average molecular weight is 295 g/mol. The quantitative estimate of drug-likeness (QED) is 0.772. The molecule has 0 bridgehead atoms. The molecule has 19 heavy (non-hydrogen) atoms. The van der Waals surface area contributed by atoms with E-state index in [0.29, 0.717) is 10.0 Å². The third-order valence-electron chi connectivity index (χ3n) is 2.72. The summed E-state index contributed by atoms with van der Waals surface area (Å²) in [6, 6.07) is 13.7. The van der Waals surface area contributed by atoms with Gasteiger partial charge < -0.3 is 10.6 Å².